The van der Waals surface area contributed by atoms with Crippen molar-refractivity contribution in [2.24, 2.45) is 0 Å². The number of nitrogens with one attached hydrogen (secondary N) is 1. The van der Waals surface area contributed by atoms with E-state index in [1.165, 1.54) is 0 Å². The van der Waals surface area contributed by atoms with E-state index in [2.05, 4.69) is 4.98 Å². The molecule has 2 nitrogen and oxygen atoms in total. The van der Waals surface area contributed by atoms with E-state index >= 15 is 0 Å². The van der Waals surface area contributed by atoms with E-state index in [4.69, 9.17) is 23.2 Å². The van der Waals surface area contributed by atoms with Crippen molar-refractivity contribution >= 4 is 40.4 Å². The first-order chi connectivity index (χ1) is 9.20. The van der Waals surface area contributed by atoms with Crippen LogP contribution in [0.5, 0.6) is 0 Å². The van der Waals surface area contributed by atoms with Gasteiger partial charge in [-0.2, -0.15) is 0 Å². The predicted octanol–water partition coefficient (Wildman–Crippen LogP) is 4.95. The maximum Gasteiger partial charge on any atom is 0.152 e. The van der Waals surface area contributed by atoms with Crippen molar-refractivity contribution in [2.75, 3.05) is 0 Å². The SMILES string of the molecule is O=Cc1c(-c2ccc(Cl)cc2Cl)[nH]c2ccccc12. The molecule has 1 N–H and O–H groups in total. The van der Waals surface area contributed by atoms with Gasteiger partial charge in [-0.1, -0.05) is 41.4 Å². The molecule has 0 aliphatic rings. The molecule has 0 bridgehead atoms. The third-order valence-electron chi connectivity index (χ3n) is 3.06. The molecule has 0 aliphatic carbocycles. The zero-order valence-corrected chi connectivity index (χ0v) is 11.3. The van der Waals surface area contributed by atoms with Gasteiger partial charge in [0.25, 0.3) is 0 Å². The molecule has 1 aromatic heterocycles. The van der Waals surface area contributed by atoms with Crippen LogP contribution in [0.4, 0.5) is 0 Å². The monoisotopic (exact) mass is 289 g/mol. The summed E-state index contributed by atoms with van der Waals surface area (Å²) >= 11 is 12.1. The van der Waals surface area contributed by atoms with Crippen molar-refractivity contribution in [1.29, 1.82) is 0 Å². The summed E-state index contributed by atoms with van der Waals surface area (Å²) in [6, 6.07) is 12.9. The van der Waals surface area contributed by atoms with Crippen molar-refractivity contribution in [1.82, 2.24) is 4.98 Å². The molecular formula is C15H9Cl2NO. The Morgan fingerprint density at radius 3 is 2.58 bits per heavy atom. The van der Waals surface area contributed by atoms with Crippen molar-refractivity contribution in [3.63, 3.8) is 0 Å². The van der Waals surface area contributed by atoms with Crippen molar-refractivity contribution in [3.8, 4) is 11.3 Å². The number of carbonyl (C=O) groups is 1. The van der Waals surface area contributed by atoms with Crippen LogP contribution in [0.2, 0.25) is 10.0 Å². The lowest BCUT2D eigenvalue weighted by Gasteiger charge is -2.03. The molecule has 0 radical (unpaired) electrons. The van der Waals surface area contributed by atoms with Gasteiger partial charge in [-0.3, -0.25) is 4.79 Å². The number of para-hydroxylation sites is 1. The van der Waals surface area contributed by atoms with Gasteiger partial charge >= 0.3 is 0 Å². The van der Waals surface area contributed by atoms with E-state index in [0.29, 0.717) is 15.6 Å². The number of hydrogen-bond donors (Lipinski definition) is 1. The van der Waals surface area contributed by atoms with E-state index in [9.17, 15) is 4.79 Å². The van der Waals surface area contributed by atoms with Gasteiger partial charge in [0.1, 0.15) is 0 Å². The zero-order chi connectivity index (χ0) is 13.4. The Labute approximate surface area is 120 Å². The Morgan fingerprint density at radius 2 is 1.84 bits per heavy atom. The fraction of sp³-hybridized carbons (Fsp3) is 0. The molecule has 2 aromatic carbocycles. The Morgan fingerprint density at radius 1 is 1.05 bits per heavy atom. The maximum absolute atomic E-state index is 11.4. The lowest BCUT2D eigenvalue weighted by molar-refractivity contribution is 0.112. The standard InChI is InChI=1S/C15H9Cl2NO/c16-9-5-6-11(13(17)7-9)15-12(8-19)10-3-1-2-4-14(10)18-15/h1-8,18H. The van der Waals surface area contributed by atoms with E-state index in [1.54, 1.807) is 12.1 Å². The number of halogens is 2. The lowest BCUT2D eigenvalue weighted by atomic mass is 10.1. The van der Waals surface area contributed by atoms with Crippen molar-refractivity contribution in [2.45, 2.75) is 0 Å². The van der Waals surface area contributed by atoms with Gasteiger partial charge in [-0.25, -0.2) is 0 Å². The molecule has 0 aliphatic heterocycles. The summed E-state index contributed by atoms with van der Waals surface area (Å²) in [5, 5.41) is 1.97. The van der Waals surface area contributed by atoms with Gasteiger partial charge in [0, 0.05) is 27.1 Å². The molecule has 0 saturated carbocycles. The van der Waals surface area contributed by atoms with Crippen LogP contribution >= 0.6 is 23.2 Å². The maximum atomic E-state index is 11.4. The predicted molar refractivity (Wildman–Crippen MR) is 79.1 cm³/mol. The van der Waals surface area contributed by atoms with Crippen LogP contribution in [-0.2, 0) is 0 Å². The Hall–Kier alpha value is -1.77. The molecule has 0 unspecified atom stereocenters. The number of carbonyl (C=O) groups excluding carboxylic acids is 1. The zero-order valence-electron chi connectivity index (χ0n) is 9.78. The van der Waals surface area contributed by atoms with Crippen LogP contribution in [0, 0.1) is 0 Å². The number of rotatable bonds is 2. The van der Waals surface area contributed by atoms with Gasteiger partial charge < -0.3 is 4.98 Å². The minimum atomic E-state index is 0.516. The largest absolute Gasteiger partial charge is 0.354 e. The quantitative estimate of drug-likeness (QED) is 0.665. The summed E-state index contributed by atoms with van der Waals surface area (Å²) in [5.41, 5.74) is 3.01. The molecule has 1 heterocycles. The number of fused-ring (bicyclic) bond motifs is 1. The first-order valence-corrected chi connectivity index (χ1v) is 6.47. The minimum absolute atomic E-state index is 0.516. The van der Waals surface area contributed by atoms with Gasteiger partial charge in [0.2, 0.25) is 0 Å². The molecule has 0 fully saturated rings. The average molecular weight is 290 g/mol. The normalized spacial score (nSPS) is 10.8. The summed E-state index contributed by atoms with van der Waals surface area (Å²) in [4.78, 5) is 14.6. The topological polar surface area (TPSA) is 32.9 Å². The Kier molecular flexibility index (Phi) is 3.05. The minimum Gasteiger partial charge on any atom is -0.354 e. The van der Waals surface area contributed by atoms with E-state index < -0.39 is 0 Å². The number of benzene rings is 2. The summed E-state index contributed by atoms with van der Waals surface area (Å²) in [6.07, 6.45) is 0.846. The molecular weight excluding hydrogens is 281 g/mol. The van der Waals surface area contributed by atoms with E-state index in [0.717, 1.165) is 28.4 Å². The molecule has 0 saturated heterocycles. The molecule has 0 amide bonds. The fourth-order valence-electron chi connectivity index (χ4n) is 2.19. The van der Waals surface area contributed by atoms with Crippen molar-refractivity contribution in [3.05, 3.63) is 58.1 Å². The van der Waals surface area contributed by atoms with Crippen LogP contribution in [-0.4, -0.2) is 11.3 Å². The molecule has 3 rings (SSSR count). The summed E-state index contributed by atoms with van der Waals surface area (Å²) in [5.74, 6) is 0. The highest BCUT2D eigenvalue weighted by Crippen LogP contribution is 2.34. The number of aromatic nitrogens is 1. The highest BCUT2D eigenvalue weighted by atomic mass is 35.5. The first kappa shape index (κ1) is 12.3. The smallest absolute Gasteiger partial charge is 0.152 e. The first-order valence-electron chi connectivity index (χ1n) is 5.72. The lowest BCUT2D eigenvalue weighted by Crippen LogP contribution is -1.85. The highest BCUT2D eigenvalue weighted by Gasteiger charge is 2.14. The van der Waals surface area contributed by atoms with E-state index in [1.807, 2.05) is 30.3 Å². The number of aldehydes is 1. The van der Waals surface area contributed by atoms with Crippen LogP contribution in [0.25, 0.3) is 22.2 Å². The third kappa shape index (κ3) is 2.03. The second kappa shape index (κ2) is 4.72. The highest BCUT2D eigenvalue weighted by molar-refractivity contribution is 6.36. The number of aromatic amines is 1. The molecule has 4 heteroatoms. The summed E-state index contributed by atoms with van der Waals surface area (Å²) in [7, 11) is 0. The molecule has 94 valence electrons. The Balaban J connectivity index is 2.33. The van der Waals surface area contributed by atoms with Crippen LogP contribution in [0.3, 0.4) is 0 Å². The van der Waals surface area contributed by atoms with Gasteiger partial charge in [0.15, 0.2) is 6.29 Å². The van der Waals surface area contributed by atoms with Crippen molar-refractivity contribution < 1.29 is 4.79 Å². The Bertz CT molecular complexity index is 777. The summed E-state index contributed by atoms with van der Waals surface area (Å²) < 4.78 is 0. The van der Waals surface area contributed by atoms with E-state index in [-0.39, 0.29) is 0 Å². The van der Waals surface area contributed by atoms with Crippen LogP contribution < -0.4 is 0 Å². The molecule has 3 aromatic rings. The van der Waals surface area contributed by atoms with Crippen LogP contribution in [0.15, 0.2) is 42.5 Å². The number of H-pyrrole nitrogens is 1. The second-order valence-corrected chi connectivity index (χ2v) is 5.04. The van der Waals surface area contributed by atoms with Gasteiger partial charge in [-0.05, 0) is 24.3 Å². The second-order valence-electron chi connectivity index (χ2n) is 4.20. The number of hydrogen-bond acceptors (Lipinski definition) is 1. The van der Waals surface area contributed by atoms with Gasteiger partial charge in [0.05, 0.1) is 10.7 Å². The van der Waals surface area contributed by atoms with Crippen LogP contribution in [0.1, 0.15) is 10.4 Å². The fourth-order valence-corrected chi connectivity index (χ4v) is 2.69. The summed E-state index contributed by atoms with van der Waals surface area (Å²) in [6.45, 7) is 0. The molecule has 0 atom stereocenters. The molecule has 19 heavy (non-hydrogen) atoms. The average Bonchev–Trinajstić information content (AvgIpc) is 2.76. The van der Waals surface area contributed by atoms with Gasteiger partial charge in [-0.15, -0.1) is 0 Å². The third-order valence-corrected chi connectivity index (χ3v) is 3.61. The molecule has 0 spiro atoms.